The molecule has 27 heavy (non-hydrogen) atoms. The summed E-state index contributed by atoms with van der Waals surface area (Å²) in [5.74, 6) is -0.254. The summed E-state index contributed by atoms with van der Waals surface area (Å²) >= 11 is 4.88. The maximum absolute atomic E-state index is 12.2. The zero-order valence-corrected chi connectivity index (χ0v) is 17.4. The molecule has 3 rings (SSSR count). The van der Waals surface area contributed by atoms with E-state index in [9.17, 15) is 13.2 Å². The van der Waals surface area contributed by atoms with E-state index in [-0.39, 0.29) is 23.8 Å². The summed E-state index contributed by atoms with van der Waals surface area (Å²) in [5.41, 5.74) is 2.79. The summed E-state index contributed by atoms with van der Waals surface area (Å²) in [4.78, 5) is 12.3. The van der Waals surface area contributed by atoms with Gasteiger partial charge in [0.1, 0.15) is 0 Å². The quantitative estimate of drug-likeness (QED) is 0.540. The molecule has 0 aliphatic heterocycles. The molecule has 0 aliphatic carbocycles. The van der Waals surface area contributed by atoms with Crippen LogP contribution in [-0.4, -0.2) is 20.9 Å². The van der Waals surface area contributed by atoms with E-state index in [1.54, 1.807) is 29.5 Å². The van der Waals surface area contributed by atoms with Crippen molar-refractivity contribution >= 4 is 48.9 Å². The van der Waals surface area contributed by atoms with E-state index < -0.39 is 10.0 Å². The summed E-state index contributed by atoms with van der Waals surface area (Å²) in [5, 5.41) is 6.84. The number of benzene rings is 2. The molecule has 0 aliphatic rings. The van der Waals surface area contributed by atoms with Crippen LogP contribution in [0.1, 0.15) is 6.42 Å². The van der Waals surface area contributed by atoms with Gasteiger partial charge in [-0.15, -0.1) is 0 Å². The topological polar surface area (TPSA) is 75.3 Å². The Hall–Kier alpha value is -2.00. The largest absolute Gasteiger partial charge is 0.326 e. The van der Waals surface area contributed by atoms with Gasteiger partial charge in [-0.2, -0.15) is 11.3 Å². The van der Waals surface area contributed by atoms with Gasteiger partial charge < -0.3 is 5.32 Å². The van der Waals surface area contributed by atoms with Gasteiger partial charge in [-0.25, -0.2) is 13.1 Å². The van der Waals surface area contributed by atoms with Gasteiger partial charge in [-0.05, 0) is 64.4 Å². The molecule has 2 aromatic carbocycles. The number of sulfonamides is 1. The zero-order chi connectivity index (χ0) is 19.3. The minimum atomic E-state index is -3.63. The summed E-state index contributed by atoms with van der Waals surface area (Å²) in [6.07, 6.45) is 0.0401. The van der Waals surface area contributed by atoms with Crippen molar-refractivity contribution in [1.29, 1.82) is 0 Å². The maximum atomic E-state index is 12.2. The van der Waals surface area contributed by atoms with E-state index in [0.717, 1.165) is 15.6 Å². The van der Waals surface area contributed by atoms with Gasteiger partial charge in [-0.1, -0.05) is 28.1 Å². The number of carbonyl (C=O) groups excluding carboxylic acids is 1. The third-order valence-corrected chi connectivity index (χ3v) is 6.46. The van der Waals surface area contributed by atoms with Crippen molar-refractivity contribution in [3.05, 3.63) is 69.8 Å². The molecule has 1 heterocycles. The van der Waals surface area contributed by atoms with E-state index >= 15 is 0 Å². The zero-order valence-electron chi connectivity index (χ0n) is 14.2. The Balaban J connectivity index is 1.54. The second-order valence-electron chi connectivity index (χ2n) is 5.74. The van der Waals surface area contributed by atoms with Crippen LogP contribution in [0.3, 0.4) is 0 Å². The number of anilines is 1. The SMILES string of the molecule is O=C(CCNS(=O)(=O)c1ccc(Br)cc1)Nc1cccc(-c2ccsc2)c1. The number of thiophene rings is 1. The molecular weight excluding hydrogens is 448 g/mol. The van der Waals surface area contributed by atoms with Gasteiger partial charge in [0.15, 0.2) is 0 Å². The molecule has 0 radical (unpaired) electrons. The maximum Gasteiger partial charge on any atom is 0.240 e. The van der Waals surface area contributed by atoms with E-state index in [1.807, 2.05) is 35.0 Å². The lowest BCUT2D eigenvalue weighted by Crippen LogP contribution is -2.27. The highest BCUT2D eigenvalue weighted by Gasteiger charge is 2.14. The Morgan fingerprint density at radius 2 is 1.81 bits per heavy atom. The molecule has 0 spiro atoms. The normalized spacial score (nSPS) is 11.3. The number of hydrogen-bond acceptors (Lipinski definition) is 4. The minimum absolute atomic E-state index is 0.0223. The van der Waals surface area contributed by atoms with Crippen LogP contribution in [0.2, 0.25) is 0 Å². The van der Waals surface area contributed by atoms with Crippen molar-refractivity contribution in [1.82, 2.24) is 4.72 Å². The number of halogens is 1. The Morgan fingerprint density at radius 3 is 2.52 bits per heavy atom. The standard InChI is InChI=1S/C19H17BrN2O3S2/c20-16-4-6-18(7-5-16)27(24,25)21-10-8-19(23)22-17-3-1-2-14(12-17)15-9-11-26-13-15/h1-7,9,11-13,21H,8,10H2,(H,22,23). The lowest BCUT2D eigenvalue weighted by molar-refractivity contribution is -0.116. The molecule has 0 saturated carbocycles. The van der Waals surface area contributed by atoms with Crippen molar-refractivity contribution < 1.29 is 13.2 Å². The summed E-state index contributed by atoms with van der Waals surface area (Å²) in [6, 6.07) is 15.9. The van der Waals surface area contributed by atoms with Crippen molar-refractivity contribution in [2.45, 2.75) is 11.3 Å². The average Bonchev–Trinajstić information content (AvgIpc) is 3.17. The molecule has 1 amide bonds. The van der Waals surface area contributed by atoms with Crippen molar-refractivity contribution in [3.8, 4) is 11.1 Å². The fourth-order valence-corrected chi connectivity index (χ4v) is 4.39. The first-order valence-corrected chi connectivity index (χ1v) is 11.3. The van der Waals surface area contributed by atoms with Gasteiger partial charge >= 0.3 is 0 Å². The van der Waals surface area contributed by atoms with Crippen LogP contribution in [0.15, 0.2) is 74.7 Å². The van der Waals surface area contributed by atoms with Crippen LogP contribution >= 0.6 is 27.3 Å². The molecule has 0 atom stereocenters. The number of carbonyl (C=O) groups is 1. The molecule has 1 aromatic heterocycles. The van der Waals surface area contributed by atoms with Gasteiger partial charge in [0, 0.05) is 23.1 Å². The number of rotatable bonds is 7. The molecule has 140 valence electrons. The fourth-order valence-electron chi connectivity index (χ4n) is 2.42. The predicted molar refractivity (Wildman–Crippen MR) is 112 cm³/mol. The third kappa shape index (κ3) is 5.49. The highest BCUT2D eigenvalue weighted by Crippen LogP contribution is 2.24. The predicted octanol–water partition coefficient (Wildman–Crippen LogP) is 4.48. The number of nitrogens with one attached hydrogen (secondary N) is 2. The number of hydrogen-bond donors (Lipinski definition) is 2. The average molecular weight is 465 g/mol. The molecule has 2 N–H and O–H groups in total. The third-order valence-electron chi connectivity index (χ3n) is 3.77. The summed E-state index contributed by atoms with van der Waals surface area (Å²) < 4.78 is 27.6. The van der Waals surface area contributed by atoms with Gasteiger partial charge in [0.05, 0.1) is 4.90 Å². The van der Waals surface area contributed by atoms with Crippen LogP contribution in [0.25, 0.3) is 11.1 Å². The Bertz CT molecular complexity index is 1020. The van der Waals surface area contributed by atoms with E-state index in [4.69, 9.17) is 0 Å². The van der Waals surface area contributed by atoms with Crippen LogP contribution in [-0.2, 0) is 14.8 Å². The second kappa shape index (κ2) is 8.79. The first-order chi connectivity index (χ1) is 12.9. The molecule has 0 bridgehead atoms. The summed E-state index contributed by atoms with van der Waals surface area (Å²) in [7, 11) is -3.63. The summed E-state index contributed by atoms with van der Waals surface area (Å²) in [6.45, 7) is 0.0223. The molecule has 8 heteroatoms. The molecule has 0 saturated heterocycles. The van der Waals surface area contributed by atoms with E-state index in [0.29, 0.717) is 5.69 Å². The molecule has 3 aromatic rings. The van der Waals surface area contributed by atoms with Gasteiger partial charge in [-0.3, -0.25) is 4.79 Å². The van der Waals surface area contributed by atoms with Crippen LogP contribution < -0.4 is 10.0 Å². The van der Waals surface area contributed by atoms with Gasteiger partial charge in [0.2, 0.25) is 15.9 Å². The first kappa shape index (κ1) is 19.8. The second-order valence-corrected chi connectivity index (χ2v) is 9.21. The monoisotopic (exact) mass is 464 g/mol. The van der Waals surface area contributed by atoms with Crippen LogP contribution in [0.5, 0.6) is 0 Å². The molecular formula is C19H17BrN2O3S2. The van der Waals surface area contributed by atoms with E-state index in [1.165, 1.54) is 12.1 Å². The fraction of sp³-hybridized carbons (Fsp3) is 0.105. The van der Waals surface area contributed by atoms with Crippen molar-refractivity contribution in [2.24, 2.45) is 0 Å². The molecule has 0 fully saturated rings. The van der Waals surface area contributed by atoms with Crippen molar-refractivity contribution in [3.63, 3.8) is 0 Å². The highest BCUT2D eigenvalue weighted by atomic mass is 79.9. The van der Waals surface area contributed by atoms with Gasteiger partial charge in [0.25, 0.3) is 0 Å². The van der Waals surface area contributed by atoms with E-state index in [2.05, 4.69) is 26.0 Å². The first-order valence-electron chi connectivity index (χ1n) is 8.12. The highest BCUT2D eigenvalue weighted by molar-refractivity contribution is 9.10. The Morgan fingerprint density at radius 1 is 1.04 bits per heavy atom. The Kier molecular flexibility index (Phi) is 6.43. The lowest BCUT2D eigenvalue weighted by Gasteiger charge is -2.09. The van der Waals surface area contributed by atoms with Crippen LogP contribution in [0, 0.1) is 0 Å². The minimum Gasteiger partial charge on any atom is -0.326 e. The Labute approximate surface area is 170 Å². The molecule has 5 nitrogen and oxygen atoms in total. The van der Waals surface area contributed by atoms with Crippen molar-refractivity contribution in [2.75, 3.05) is 11.9 Å². The molecule has 0 unspecified atom stereocenters. The smallest absolute Gasteiger partial charge is 0.240 e. The number of amides is 1. The van der Waals surface area contributed by atoms with Crippen LogP contribution in [0.4, 0.5) is 5.69 Å². The lowest BCUT2D eigenvalue weighted by atomic mass is 10.1.